The van der Waals surface area contributed by atoms with Gasteiger partial charge in [0, 0.05) is 23.6 Å². The maximum absolute atomic E-state index is 12.8. The van der Waals surface area contributed by atoms with Crippen molar-refractivity contribution in [3.05, 3.63) is 76.5 Å². The van der Waals surface area contributed by atoms with Crippen molar-refractivity contribution in [1.29, 1.82) is 0 Å². The Morgan fingerprint density at radius 2 is 1.92 bits per heavy atom. The van der Waals surface area contributed by atoms with Crippen molar-refractivity contribution in [3.63, 3.8) is 0 Å². The molecule has 2 aromatic carbocycles. The van der Waals surface area contributed by atoms with Gasteiger partial charge in [-0.3, -0.25) is 4.79 Å². The minimum absolute atomic E-state index is 0.0403. The summed E-state index contributed by atoms with van der Waals surface area (Å²) in [4.78, 5) is 12.8. The van der Waals surface area contributed by atoms with Crippen LogP contribution >= 0.6 is 0 Å². The average Bonchev–Trinajstić information content (AvgIpc) is 2.93. The number of hydrogen-bond acceptors (Lipinski definition) is 3. The van der Waals surface area contributed by atoms with Gasteiger partial charge >= 0.3 is 0 Å². The van der Waals surface area contributed by atoms with Crippen LogP contribution in [-0.2, 0) is 6.42 Å². The summed E-state index contributed by atoms with van der Waals surface area (Å²) in [6.45, 7) is 7.97. The molecule has 4 rings (SSSR count). The van der Waals surface area contributed by atoms with Crippen molar-refractivity contribution in [1.82, 2.24) is 0 Å². The first-order valence-corrected chi connectivity index (χ1v) is 7.98. The van der Waals surface area contributed by atoms with Crippen LogP contribution in [0.15, 0.2) is 69.9 Å². The minimum Gasteiger partial charge on any atom is -0.483 e. The molecule has 0 bridgehead atoms. The first kappa shape index (κ1) is 14.8. The Bertz CT molecular complexity index is 1010. The van der Waals surface area contributed by atoms with Crippen LogP contribution in [-0.4, -0.2) is 5.60 Å². The molecular weight excluding hydrogens is 300 g/mol. The summed E-state index contributed by atoms with van der Waals surface area (Å²) in [5.74, 6) is 1.32. The summed E-state index contributed by atoms with van der Waals surface area (Å²) in [5, 5.41) is 0.608. The fourth-order valence-corrected chi connectivity index (χ4v) is 3.17. The molecule has 0 aliphatic carbocycles. The summed E-state index contributed by atoms with van der Waals surface area (Å²) in [6.07, 6.45) is 0.629. The molecular formula is C21H18O3. The zero-order valence-electron chi connectivity index (χ0n) is 13.8. The Morgan fingerprint density at radius 3 is 2.62 bits per heavy atom. The van der Waals surface area contributed by atoms with Crippen molar-refractivity contribution < 1.29 is 9.15 Å². The van der Waals surface area contributed by atoms with Gasteiger partial charge in [0.05, 0.1) is 5.39 Å². The maximum Gasteiger partial charge on any atom is 0.193 e. The lowest BCUT2D eigenvalue weighted by Crippen LogP contribution is -2.31. The summed E-state index contributed by atoms with van der Waals surface area (Å²) in [7, 11) is 0. The molecule has 0 unspecified atom stereocenters. The fourth-order valence-electron chi connectivity index (χ4n) is 3.17. The van der Waals surface area contributed by atoms with Crippen LogP contribution in [0.3, 0.4) is 0 Å². The number of rotatable bonds is 2. The Labute approximate surface area is 140 Å². The first-order valence-electron chi connectivity index (χ1n) is 7.98. The lowest BCUT2D eigenvalue weighted by molar-refractivity contribution is 0.157. The third-order valence-corrected chi connectivity index (χ3v) is 4.77. The van der Waals surface area contributed by atoms with Crippen LogP contribution in [0, 0.1) is 0 Å². The van der Waals surface area contributed by atoms with E-state index in [9.17, 15) is 4.79 Å². The average molecular weight is 318 g/mol. The monoisotopic (exact) mass is 318 g/mol. The lowest BCUT2D eigenvalue weighted by atomic mass is 9.91. The van der Waals surface area contributed by atoms with E-state index in [0.29, 0.717) is 23.2 Å². The SMILES string of the molecule is C=C(C)[C@@]1(C)Cc2c(ccc3oc(-c4ccccc4)cc(=O)c23)O1. The van der Waals surface area contributed by atoms with Crippen LogP contribution in [0.4, 0.5) is 0 Å². The van der Waals surface area contributed by atoms with Gasteiger partial charge in [-0.05, 0) is 31.6 Å². The molecule has 3 aromatic rings. The molecule has 0 radical (unpaired) electrons. The van der Waals surface area contributed by atoms with Crippen molar-refractivity contribution in [3.8, 4) is 17.1 Å². The van der Waals surface area contributed by atoms with Gasteiger partial charge in [0.25, 0.3) is 0 Å². The van der Waals surface area contributed by atoms with E-state index >= 15 is 0 Å². The molecule has 1 aliphatic rings. The van der Waals surface area contributed by atoms with Gasteiger partial charge in [-0.25, -0.2) is 0 Å². The fraction of sp³-hybridized carbons (Fsp3) is 0.190. The quantitative estimate of drug-likeness (QED) is 0.641. The zero-order chi connectivity index (χ0) is 16.9. The molecule has 0 fully saturated rings. The van der Waals surface area contributed by atoms with Crippen LogP contribution in [0.5, 0.6) is 5.75 Å². The van der Waals surface area contributed by atoms with E-state index in [2.05, 4.69) is 6.58 Å². The molecule has 120 valence electrons. The van der Waals surface area contributed by atoms with Crippen LogP contribution < -0.4 is 10.2 Å². The molecule has 0 spiro atoms. The van der Waals surface area contributed by atoms with Crippen molar-refractivity contribution in [2.24, 2.45) is 0 Å². The van der Waals surface area contributed by atoms with E-state index < -0.39 is 5.60 Å². The highest BCUT2D eigenvalue weighted by Crippen LogP contribution is 2.41. The standard InChI is InChI=1S/C21H18O3/c1-13(2)21(3)12-15-17(24-21)9-10-18-20(15)16(22)11-19(23-18)14-7-5-4-6-8-14/h4-11H,1,12H2,2-3H3/t21-/m1/s1. The molecule has 2 heterocycles. The number of hydrogen-bond donors (Lipinski definition) is 0. The highest BCUT2D eigenvalue weighted by Gasteiger charge is 2.37. The molecule has 24 heavy (non-hydrogen) atoms. The number of benzene rings is 2. The highest BCUT2D eigenvalue weighted by molar-refractivity contribution is 5.85. The second kappa shape index (κ2) is 5.10. The molecule has 1 aliphatic heterocycles. The number of ether oxygens (including phenoxy) is 1. The molecule has 0 saturated heterocycles. The third kappa shape index (κ3) is 2.16. The topological polar surface area (TPSA) is 39.4 Å². The van der Waals surface area contributed by atoms with E-state index in [1.54, 1.807) is 6.07 Å². The van der Waals surface area contributed by atoms with Crippen molar-refractivity contribution in [2.75, 3.05) is 0 Å². The summed E-state index contributed by atoms with van der Waals surface area (Å²) < 4.78 is 12.1. The third-order valence-electron chi connectivity index (χ3n) is 4.77. The molecule has 3 nitrogen and oxygen atoms in total. The Balaban J connectivity index is 1.92. The van der Waals surface area contributed by atoms with E-state index in [0.717, 1.165) is 22.4 Å². The maximum atomic E-state index is 12.8. The molecule has 0 amide bonds. The van der Waals surface area contributed by atoms with Gasteiger partial charge < -0.3 is 9.15 Å². The number of fused-ring (bicyclic) bond motifs is 3. The van der Waals surface area contributed by atoms with Crippen molar-refractivity contribution in [2.45, 2.75) is 25.9 Å². The van der Waals surface area contributed by atoms with Crippen molar-refractivity contribution >= 4 is 11.0 Å². The van der Waals surface area contributed by atoms with E-state index in [1.165, 1.54) is 0 Å². The second-order valence-corrected chi connectivity index (χ2v) is 6.55. The van der Waals surface area contributed by atoms with E-state index in [-0.39, 0.29) is 5.43 Å². The van der Waals surface area contributed by atoms with Gasteiger partial charge in [0.15, 0.2) is 5.43 Å². The van der Waals surface area contributed by atoms with Gasteiger partial charge in [-0.1, -0.05) is 36.9 Å². The molecule has 1 aromatic heterocycles. The minimum atomic E-state index is -0.471. The smallest absolute Gasteiger partial charge is 0.193 e. The molecule has 0 N–H and O–H groups in total. The molecule has 0 saturated carbocycles. The van der Waals surface area contributed by atoms with Gasteiger partial charge in [0.1, 0.15) is 22.7 Å². The predicted molar refractivity (Wildman–Crippen MR) is 95.5 cm³/mol. The van der Waals surface area contributed by atoms with Crippen LogP contribution in [0.25, 0.3) is 22.3 Å². The highest BCUT2D eigenvalue weighted by atomic mass is 16.5. The Kier molecular flexibility index (Phi) is 3.14. The van der Waals surface area contributed by atoms with Gasteiger partial charge in [-0.2, -0.15) is 0 Å². The normalized spacial score (nSPS) is 19.1. The largest absolute Gasteiger partial charge is 0.483 e. The summed E-state index contributed by atoms with van der Waals surface area (Å²) >= 11 is 0. The second-order valence-electron chi connectivity index (χ2n) is 6.55. The summed E-state index contributed by atoms with van der Waals surface area (Å²) in [5.41, 5.74) is 2.82. The first-order chi connectivity index (χ1) is 11.5. The van der Waals surface area contributed by atoms with E-state index in [1.807, 2.05) is 56.3 Å². The molecule has 3 heteroatoms. The zero-order valence-corrected chi connectivity index (χ0v) is 13.8. The Hall–Kier alpha value is -2.81. The lowest BCUT2D eigenvalue weighted by Gasteiger charge is -2.23. The van der Waals surface area contributed by atoms with Crippen LogP contribution in [0.1, 0.15) is 19.4 Å². The van der Waals surface area contributed by atoms with Crippen LogP contribution in [0.2, 0.25) is 0 Å². The molecule has 1 atom stereocenters. The predicted octanol–water partition coefficient (Wildman–Crippen LogP) is 4.73. The Morgan fingerprint density at radius 1 is 1.17 bits per heavy atom. The van der Waals surface area contributed by atoms with E-state index in [4.69, 9.17) is 9.15 Å². The van der Waals surface area contributed by atoms with Gasteiger partial charge in [-0.15, -0.1) is 0 Å². The van der Waals surface area contributed by atoms with Gasteiger partial charge in [0.2, 0.25) is 0 Å². The summed E-state index contributed by atoms with van der Waals surface area (Å²) in [6, 6.07) is 14.9.